The van der Waals surface area contributed by atoms with Crippen molar-refractivity contribution in [2.24, 2.45) is 11.8 Å². The number of carbonyl (C=O) groups excluding carboxylic acids is 4. The van der Waals surface area contributed by atoms with Gasteiger partial charge in [-0.05, 0) is 37.5 Å². The summed E-state index contributed by atoms with van der Waals surface area (Å²) in [6.07, 6.45) is 48.5. The van der Waals surface area contributed by atoms with E-state index in [9.17, 15) is 43.2 Å². The molecule has 0 aliphatic heterocycles. The quantitative estimate of drug-likeness (QED) is 0.0222. The minimum atomic E-state index is -4.95. The summed E-state index contributed by atoms with van der Waals surface area (Å²) in [5, 5.41) is 10.6. The topological polar surface area (TPSA) is 237 Å². The summed E-state index contributed by atoms with van der Waals surface area (Å²) in [5.41, 5.74) is 0. The first-order valence-corrected chi connectivity index (χ1v) is 40.0. The van der Waals surface area contributed by atoms with Crippen LogP contribution in [0.15, 0.2) is 0 Å². The molecule has 0 radical (unpaired) electrons. The Morgan fingerprint density at radius 2 is 0.511 bits per heavy atom. The number of rotatable bonds is 70. The van der Waals surface area contributed by atoms with Gasteiger partial charge in [0, 0.05) is 25.7 Å². The van der Waals surface area contributed by atoms with Crippen molar-refractivity contribution >= 4 is 39.5 Å². The molecule has 0 rings (SSSR count). The van der Waals surface area contributed by atoms with Gasteiger partial charge in [0.15, 0.2) is 12.2 Å². The van der Waals surface area contributed by atoms with Gasteiger partial charge in [-0.1, -0.05) is 311 Å². The molecule has 0 spiro atoms. The summed E-state index contributed by atoms with van der Waals surface area (Å²) in [6.45, 7) is 9.55. The van der Waals surface area contributed by atoms with Gasteiger partial charge < -0.3 is 33.8 Å². The van der Waals surface area contributed by atoms with E-state index in [2.05, 4.69) is 41.5 Å². The number of aliphatic hydroxyl groups is 1. The number of aliphatic hydroxyl groups excluding tert-OH is 1. The van der Waals surface area contributed by atoms with Crippen LogP contribution in [-0.2, 0) is 65.4 Å². The molecule has 5 atom stereocenters. The van der Waals surface area contributed by atoms with Crippen LogP contribution in [0.2, 0.25) is 0 Å². The second-order valence-corrected chi connectivity index (χ2v) is 29.5. The third-order valence-electron chi connectivity index (χ3n) is 16.5. The molecule has 0 aromatic heterocycles. The van der Waals surface area contributed by atoms with Crippen LogP contribution >= 0.6 is 15.6 Å². The van der Waals surface area contributed by atoms with E-state index in [0.717, 1.165) is 102 Å². The highest BCUT2D eigenvalue weighted by atomic mass is 31.2. The van der Waals surface area contributed by atoms with E-state index in [1.807, 2.05) is 0 Å². The Morgan fingerprint density at radius 3 is 0.756 bits per heavy atom. The zero-order valence-electron chi connectivity index (χ0n) is 58.4. The van der Waals surface area contributed by atoms with E-state index >= 15 is 0 Å². The molecular formula is C71H138O17P2. The number of hydrogen-bond acceptors (Lipinski definition) is 15. The average molecular weight is 1330 g/mol. The zero-order valence-corrected chi connectivity index (χ0v) is 60.2. The first-order chi connectivity index (χ1) is 43.4. The largest absolute Gasteiger partial charge is 0.472 e. The molecule has 0 fully saturated rings. The van der Waals surface area contributed by atoms with E-state index < -0.39 is 97.5 Å². The van der Waals surface area contributed by atoms with Gasteiger partial charge >= 0.3 is 39.5 Å². The van der Waals surface area contributed by atoms with Gasteiger partial charge in [0.2, 0.25) is 0 Å². The van der Waals surface area contributed by atoms with E-state index in [4.69, 9.17) is 37.0 Å². The summed E-state index contributed by atoms with van der Waals surface area (Å²) in [6, 6.07) is 0. The lowest BCUT2D eigenvalue weighted by Gasteiger charge is -2.21. The number of unbranched alkanes of at least 4 members (excludes halogenated alkanes) is 40. The second kappa shape index (κ2) is 63.1. The van der Waals surface area contributed by atoms with Crippen LogP contribution in [0.4, 0.5) is 0 Å². The molecule has 19 heteroatoms. The molecule has 0 heterocycles. The average Bonchev–Trinajstić information content (AvgIpc) is 3.34. The predicted octanol–water partition coefficient (Wildman–Crippen LogP) is 20.4. The van der Waals surface area contributed by atoms with Crippen molar-refractivity contribution in [1.29, 1.82) is 0 Å². The summed E-state index contributed by atoms with van der Waals surface area (Å²) < 4.78 is 68.3. The fourth-order valence-electron chi connectivity index (χ4n) is 10.8. The second-order valence-electron chi connectivity index (χ2n) is 26.6. The summed E-state index contributed by atoms with van der Waals surface area (Å²) >= 11 is 0. The fraction of sp³-hybridized carbons (Fsp3) is 0.944. The third kappa shape index (κ3) is 64.8. The van der Waals surface area contributed by atoms with Gasteiger partial charge in [0.05, 0.1) is 26.4 Å². The van der Waals surface area contributed by atoms with E-state index in [1.54, 1.807) is 0 Å². The van der Waals surface area contributed by atoms with Crippen LogP contribution in [0.5, 0.6) is 0 Å². The minimum Gasteiger partial charge on any atom is -0.462 e. The van der Waals surface area contributed by atoms with Crippen LogP contribution < -0.4 is 0 Å². The van der Waals surface area contributed by atoms with Crippen molar-refractivity contribution in [3.63, 3.8) is 0 Å². The molecule has 0 aliphatic rings. The molecule has 534 valence electrons. The Morgan fingerprint density at radius 1 is 0.300 bits per heavy atom. The monoisotopic (exact) mass is 1320 g/mol. The number of esters is 4. The molecule has 0 saturated carbocycles. The molecule has 90 heavy (non-hydrogen) atoms. The van der Waals surface area contributed by atoms with E-state index in [0.29, 0.717) is 25.7 Å². The standard InChI is InChI=1S/C71H138O17P2/c1-7-9-11-13-15-17-23-30-37-43-49-55-70(75)87-66(59-81-68(73)53-47-41-35-29-18-16-14-12-10-8-2)61-85-89(77,78)83-57-65(72)58-84-90(79,80)86-62-67(60-82-69(74)54-48-42-36-32-26-28-34-40-46-52-64(5)6)88-71(76)56-50-44-38-31-25-22-20-19-21-24-27-33-39-45-51-63(3)4/h63-67,72H,7-62H2,1-6H3,(H,77,78)(H,79,80)/t65-,66+,67+/m0/s1. The van der Waals surface area contributed by atoms with Crippen molar-refractivity contribution in [1.82, 2.24) is 0 Å². The Hall–Kier alpha value is -1.94. The van der Waals surface area contributed by atoms with Gasteiger partial charge in [-0.25, -0.2) is 9.13 Å². The maximum atomic E-state index is 13.0. The van der Waals surface area contributed by atoms with Crippen molar-refractivity contribution in [2.75, 3.05) is 39.6 Å². The van der Waals surface area contributed by atoms with Crippen molar-refractivity contribution in [3.05, 3.63) is 0 Å². The Bertz CT molecular complexity index is 1750. The summed E-state index contributed by atoms with van der Waals surface area (Å²) in [4.78, 5) is 72.5. The molecule has 0 aliphatic carbocycles. The van der Waals surface area contributed by atoms with Gasteiger partial charge in [0.1, 0.15) is 19.3 Å². The van der Waals surface area contributed by atoms with Crippen molar-refractivity contribution < 1.29 is 80.2 Å². The maximum absolute atomic E-state index is 13.0. The minimum absolute atomic E-state index is 0.107. The van der Waals surface area contributed by atoms with Gasteiger partial charge in [-0.3, -0.25) is 37.3 Å². The molecule has 0 aromatic carbocycles. The number of ether oxygens (including phenoxy) is 4. The lowest BCUT2D eigenvalue weighted by molar-refractivity contribution is -0.161. The smallest absolute Gasteiger partial charge is 0.462 e. The van der Waals surface area contributed by atoms with Crippen molar-refractivity contribution in [3.8, 4) is 0 Å². The third-order valence-corrected chi connectivity index (χ3v) is 18.4. The van der Waals surface area contributed by atoms with Gasteiger partial charge in [0.25, 0.3) is 0 Å². The predicted molar refractivity (Wildman–Crippen MR) is 363 cm³/mol. The molecule has 3 N–H and O–H groups in total. The number of phosphoric acid groups is 2. The van der Waals surface area contributed by atoms with Crippen LogP contribution in [-0.4, -0.2) is 96.7 Å². The lowest BCUT2D eigenvalue weighted by Crippen LogP contribution is -2.30. The van der Waals surface area contributed by atoms with Crippen LogP contribution in [0.25, 0.3) is 0 Å². The molecule has 0 amide bonds. The van der Waals surface area contributed by atoms with Crippen LogP contribution in [0.1, 0.15) is 363 Å². The van der Waals surface area contributed by atoms with E-state index in [-0.39, 0.29) is 25.7 Å². The molecule has 0 saturated heterocycles. The molecule has 0 bridgehead atoms. The first kappa shape index (κ1) is 88.1. The van der Waals surface area contributed by atoms with Gasteiger partial charge in [-0.15, -0.1) is 0 Å². The lowest BCUT2D eigenvalue weighted by atomic mass is 10.0. The molecular weight excluding hydrogens is 1190 g/mol. The number of hydrogen-bond donors (Lipinski definition) is 3. The highest BCUT2D eigenvalue weighted by molar-refractivity contribution is 7.47. The van der Waals surface area contributed by atoms with E-state index in [1.165, 1.54) is 180 Å². The Kier molecular flexibility index (Phi) is 61.8. The fourth-order valence-corrected chi connectivity index (χ4v) is 12.3. The SMILES string of the molecule is CCCCCCCCCCCCCC(=O)O[C@H](COC(=O)CCCCCCCCCCCC)COP(=O)(O)OC[C@H](O)COP(=O)(O)OC[C@@H](COC(=O)CCCCCCCCCCCC(C)C)OC(=O)CCCCCCCCCCCCCCCCC(C)C. The van der Waals surface area contributed by atoms with Crippen molar-refractivity contribution in [2.45, 2.75) is 381 Å². The van der Waals surface area contributed by atoms with Crippen LogP contribution in [0.3, 0.4) is 0 Å². The highest BCUT2D eigenvalue weighted by Crippen LogP contribution is 2.45. The Balaban J connectivity index is 5.23. The zero-order chi connectivity index (χ0) is 66.5. The Labute approximate surface area is 549 Å². The maximum Gasteiger partial charge on any atom is 0.472 e. The number of carbonyl (C=O) groups is 4. The molecule has 2 unspecified atom stereocenters. The molecule has 0 aromatic rings. The summed E-state index contributed by atoms with van der Waals surface area (Å²) in [5.74, 6) is -0.583. The normalized spacial score (nSPS) is 14.1. The molecule has 17 nitrogen and oxygen atoms in total. The summed E-state index contributed by atoms with van der Waals surface area (Å²) in [7, 11) is -9.90. The van der Waals surface area contributed by atoms with Crippen LogP contribution in [0, 0.1) is 11.8 Å². The highest BCUT2D eigenvalue weighted by Gasteiger charge is 2.30. The van der Waals surface area contributed by atoms with Gasteiger partial charge in [-0.2, -0.15) is 0 Å². The number of phosphoric ester groups is 2. The first-order valence-electron chi connectivity index (χ1n) is 37.0.